The first kappa shape index (κ1) is 19.8. The van der Waals surface area contributed by atoms with Gasteiger partial charge >= 0.3 is 0 Å². The Kier molecular flexibility index (Phi) is 5.80. The molecule has 5 nitrogen and oxygen atoms in total. The van der Waals surface area contributed by atoms with E-state index in [4.69, 9.17) is 23.8 Å². The molecule has 2 amide bonds. The van der Waals surface area contributed by atoms with E-state index in [9.17, 15) is 9.59 Å². The largest absolute Gasteiger partial charge is 0.339 e. The van der Waals surface area contributed by atoms with Gasteiger partial charge in [0.05, 0.1) is 16.3 Å². The maximum Gasteiger partial charge on any atom is 0.269 e. The number of amides is 2. The molecule has 1 saturated heterocycles. The number of nitrogens with one attached hydrogen (secondary N) is 2. The number of carbonyl (C=O) groups excluding carboxylic acids is 2. The molecule has 3 aromatic rings. The van der Waals surface area contributed by atoms with Crippen molar-refractivity contribution in [1.29, 1.82) is 0 Å². The molecule has 148 valence electrons. The molecule has 29 heavy (non-hydrogen) atoms. The molecule has 2 aromatic carbocycles. The van der Waals surface area contributed by atoms with Crippen molar-refractivity contribution in [2.24, 2.45) is 0 Å². The lowest BCUT2D eigenvalue weighted by Crippen LogP contribution is -2.35. The van der Waals surface area contributed by atoms with Crippen LogP contribution in [0, 0.1) is 0 Å². The van der Waals surface area contributed by atoms with Gasteiger partial charge in [-0.3, -0.25) is 14.9 Å². The van der Waals surface area contributed by atoms with Crippen LogP contribution in [0.1, 0.15) is 32.9 Å². The fraction of sp³-hybridized carbons (Fsp3) is 0.190. The zero-order valence-corrected chi connectivity index (χ0v) is 17.8. The second kappa shape index (κ2) is 8.49. The van der Waals surface area contributed by atoms with E-state index in [-0.39, 0.29) is 16.9 Å². The SMILES string of the molecule is O=C(NC(=S)Nc1ccccc1C(=O)N1CCCC1)c1sc2ccccc2c1Cl. The van der Waals surface area contributed by atoms with Gasteiger partial charge in [-0.1, -0.05) is 41.9 Å². The molecular weight excluding hydrogens is 426 g/mol. The Morgan fingerprint density at radius 3 is 2.48 bits per heavy atom. The van der Waals surface area contributed by atoms with Crippen LogP contribution in [-0.4, -0.2) is 34.9 Å². The van der Waals surface area contributed by atoms with Crippen molar-refractivity contribution in [3.8, 4) is 0 Å². The lowest BCUT2D eigenvalue weighted by Gasteiger charge is -2.18. The molecule has 2 heterocycles. The van der Waals surface area contributed by atoms with E-state index in [1.807, 2.05) is 41.3 Å². The highest BCUT2D eigenvalue weighted by molar-refractivity contribution is 7.80. The smallest absolute Gasteiger partial charge is 0.269 e. The molecule has 4 rings (SSSR count). The van der Waals surface area contributed by atoms with Crippen LogP contribution in [0.15, 0.2) is 48.5 Å². The van der Waals surface area contributed by atoms with Gasteiger partial charge in [-0.05, 0) is 43.3 Å². The molecule has 2 N–H and O–H groups in total. The Bertz CT molecular complexity index is 1110. The first-order valence-electron chi connectivity index (χ1n) is 9.22. The fourth-order valence-electron chi connectivity index (χ4n) is 3.34. The van der Waals surface area contributed by atoms with E-state index >= 15 is 0 Å². The molecule has 0 aliphatic carbocycles. The molecule has 1 aliphatic rings. The summed E-state index contributed by atoms with van der Waals surface area (Å²) < 4.78 is 0.933. The molecule has 0 bridgehead atoms. The summed E-state index contributed by atoms with van der Waals surface area (Å²) >= 11 is 13.0. The number of anilines is 1. The zero-order chi connectivity index (χ0) is 20.4. The lowest BCUT2D eigenvalue weighted by atomic mass is 10.1. The first-order chi connectivity index (χ1) is 14.0. The van der Waals surface area contributed by atoms with Crippen molar-refractivity contribution >= 4 is 67.9 Å². The summed E-state index contributed by atoms with van der Waals surface area (Å²) in [5.74, 6) is -0.413. The normalized spacial score (nSPS) is 13.5. The number of fused-ring (bicyclic) bond motifs is 1. The minimum absolute atomic E-state index is 0.0349. The number of thiocarbonyl (C=S) groups is 1. The highest BCUT2D eigenvalue weighted by Crippen LogP contribution is 2.35. The molecule has 0 spiro atoms. The minimum Gasteiger partial charge on any atom is -0.339 e. The van der Waals surface area contributed by atoms with Crippen LogP contribution in [-0.2, 0) is 0 Å². The molecule has 0 radical (unpaired) electrons. The van der Waals surface area contributed by atoms with Gasteiger partial charge in [0.1, 0.15) is 4.88 Å². The van der Waals surface area contributed by atoms with Crippen molar-refractivity contribution in [3.63, 3.8) is 0 Å². The van der Waals surface area contributed by atoms with Crippen LogP contribution in [0.25, 0.3) is 10.1 Å². The maximum atomic E-state index is 12.8. The van der Waals surface area contributed by atoms with Crippen molar-refractivity contribution in [3.05, 3.63) is 64.0 Å². The molecule has 0 saturated carbocycles. The summed E-state index contributed by atoms with van der Waals surface area (Å²) in [4.78, 5) is 27.7. The van der Waals surface area contributed by atoms with Gasteiger partial charge in [0, 0.05) is 23.2 Å². The van der Waals surface area contributed by atoms with E-state index < -0.39 is 0 Å². The Labute approximate surface area is 182 Å². The number of carbonyl (C=O) groups is 2. The standard InChI is InChI=1S/C21H18ClN3O2S2/c22-17-14-8-2-4-10-16(14)29-18(17)19(26)24-21(28)23-15-9-3-1-7-13(15)20(27)25-11-5-6-12-25/h1-4,7-10H,5-6,11-12H2,(H2,23,24,26,28). The number of halogens is 1. The van der Waals surface area contributed by atoms with Crippen LogP contribution >= 0.6 is 35.2 Å². The second-order valence-corrected chi connectivity index (χ2v) is 8.53. The predicted molar refractivity (Wildman–Crippen MR) is 122 cm³/mol. The minimum atomic E-state index is -0.378. The topological polar surface area (TPSA) is 61.4 Å². The fourth-order valence-corrected chi connectivity index (χ4v) is 4.96. The number of likely N-dealkylation sites (tertiary alicyclic amines) is 1. The van der Waals surface area contributed by atoms with Gasteiger partial charge < -0.3 is 10.2 Å². The van der Waals surface area contributed by atoms with E-state index in [0.29, 0.717) is 21.2 Å². The highest BCUT2D eigenvalue weighted by atomic mass is 35.5. The van der Waals surface area contributed by atoms with E-state index in [1.165, 1.54) is 11.3 Å². The molecule has 1 aliphatic heterocycles. The van der Waals surface area contributed by atoms with Crippen molar-refractivity contribution in [2.45, 2.75) is 12.8 Å². The average molecular weight is 444 g/mol. The number of para-hydroxylation sites is 1. The Morgan fingerprint density at radius 1 is 1.03 bits per heavy atom. The van der Waals surface area contributed by atoms with Gasteiger partial charge in [-0.15, -0.1) is 11.3 Å². The summed E-state index contributed by atoms with van der Waals surface area (Å²) in [6.07, 6.45) is 2.04. The number of rotatable bonds is 3. The molecule has 0 atom stereocenters. The van der Waals surface area contributed by atoms with Gasteiger partial charge in [0.15, 0.2) is 5.11 Å². The summed E-state index contributed by atoms with van der Waals surface area (Å²) in [7, 11) is 0. The molecule has 8 heteroatoms. The maximum absolute atomic E-state index is 12.8. The van der Waals surface area contributed by atoms with E-state index in [2.05, 4.69) is 10.6 Å². The second-order valence-electron chi connectivity index (χ2n) is 6.69. The lowest BCUT2D eigenvalue weighted by molar-refractivity contribution is 0.0793. The summed E-state index contributed by atoms with van der Waals surface area (Å²) in [6, 6.07) is 14.7. The Balaban J connectivity index is 1.49. The van der Waals surface area contributed by atoms with Crippen molar-refractivity contribution in [1.82, 2.24) is 10.2 Å². The van der Waals surface area contributed by atoms with Gasteiger partial charge in [0.25, 0.3) is 11.8 Å². The van der Waals surface area contributed by atoms with Crippen molar-refractivity contribution < 1.29 is 9.59 Å². The predicted octanol–water partition coefficient (Wildman–Crippen LogP) is 4.92. The van der Waals surface area contributed by atoms with Gasteiger partial charge in [0.2, 0.25) is 0 Å². The zero-order valence-electron chi connectivity index (χ0n) is 15.4. The Morgan fingerprint density at radius 2 is 1.72 bits per heavy atom. The summed E-state index contributed by atoms with van der Waals surface area (Å²) in [6.45, 7) is 1.53. The molecule has 1 aromatic heterocycles. The third-order valence-corrected chi connectivity index (χ3v) is 6.65. The number of thiophene rings is 1. The quantitative estimate of drug-likeness (QED) is 0.564. The van der Waals surface area contributed by atoms with Crippen LogP contribution in [0.4, 0.5) is 5.69 Å². The molecule has 1 fully saturated rings. The number of benzene rings is 2. The first-order valence-corrected chi connectivity index (χ1v) is 10.8. The summed E-state index contributed by atoms with van der Waals surface area (Å²) in [5, 5.41) is 7.01. The van der Waals surface area contributed by atoms with Gasteiger partial charge in [-0.25, -0.2) is 0 Å². The van der Waals surface area contributed by atoms with Gasteiger partial charge in [-0.2, -0.15) is 0 Å². The third-order valence-electron chi connectivity index (χ3n) is 4.77. The molecule has 0 unspecified atom stereocenters. The van der Waals surface area contributed by atoms with Crippen LogP contribution in [0.2, 0.25) is 5.02 Å². The number of hydrogen-bond acceptors (Lipinski definition) is 4. The van der Waals surface area contributed by atoms with Crippen LogP contribution in [0.5, 0.6) is 0 Å². The van der Waals surface area contributed by atoms with Crippen LogP contribution in [0.3, 0.4) is 0 Å². The van der Waals surface area contributed by atoms with Crippen molar-refractivity contribution in [2.75, 3.05) is 18.4 Å². The van der Waals surface area contributed by atoms with E-state index in [0.717, 1.165) is 36.0 Å². The third kappa shape index (κ3) is 4.12. The molecular formula is C21H18ClN3O2S2. The Hall–Kier alpha value is -2.48. The average Bonchev–Trinajstić information content (AvgIpc) is 3.37. The highest BCUT2D eigenvalue weighted by Gasteiger charge is 2.22. The number of nitrogens with zero attached hydrogens (tertiary/aromatic N) is 1. The van der Waals surface area contributed by atoms with Crippen LogP contribution < -0.4 is 10.6 Å². The monoisotopic (exact) mass is 443 g/mol. The summed E-state index contributed by atoms with van der Waals surface area (Å²) in [5.41, 5.74) is 1.10. The number of hydrogen-bond donors (Lipinski definition) is 2. The van der Waals surface area contributed by atoms with E-state index in [1.54, 1.807) is 12.1 Å².